The van der Waals surface area contributed by atoms with Crippen LogP contribution in [0.5, 0.6) is 5.75 Å². The number of nitrogens with zero attached hydrogens (tertiary/aromatic N) is 1. The molecule has 0 amide bonds. The van der Waals surface area contributed by atoms with E-state index in [1.807, 2.05) is 12.1 Å². The molecule has 17 heavy (non-hydrogen) atoms. The summed E-state index contributed by atoms with van der Waals surface area (Å²) in [6.07, 6.45) is 5.15. The standard InChI is InChI=1S/C14H20ClNO/c1-11-6-3-2-4-9-16(11)10-12-7-5-8-13(15)14(12)17/h5,7-8,11,17H,2-4,6,9-10H2,1H3. The van der Waals surface area contributed by atoms with Crippen molar-refractivity contribution in [2.45, 2.75) is 45.2 Å². The van der Waals surface area contributed by atoms with Gasteiger partial charge in [-0.2, -0.15) is 0 Å². The molecule has 2 rings (SSSR count). The van der Waals surface area contributed by atoms with Crippen LogP contribution in [0, 0.1) is 0 Å². The summed E-state index contributed by atoms with van der Waals surface area (Å²) in [5, 5.41) is 10.4. The Labute approximate surface area is 108 Å². The fourth-order valence-electron chi connectivity index (χ4n) is 2.48. The molecule has 0 spiro atoms. The van der Waals surface area contributed by atoms with Crippen LogP contribution >= 0.6 is 11.6 Å². The van der Waals surface area contributed by atoms with Gasteiger partial charge in [0.25, 0.3) is 0 Å². The van der Waals surface area contributed by atoms with E-state index in [2.05, 4.69) is 11.8 Å². The molecule has 0 saturated carbocycles. The summed E-state index contributed by atoms with van der Waals surface area (Å²) in [7, 11) is 0. The van der Waals surface area contributed by atoms with E-state index in [1.54, 1.807) is 6.07 Å². The third-order valence-electron chi connectivity index (χ3n) is 3.63. The molecule has 1 fully saturated rings. The number of halogens is 1. The summed E-state index contributed by atoms with van der Waals surface area (Å²) in [6, 6.07) is 6.18. The molecule has 2 nitrogen and oxygen atoms in total. The SMILES string of the molecule is CC1CCCCCN1Cc1cccc(Cl)c1O. The molecule has 3 heteroatoms. The first kappa shape index (κ1) is 12.7. The maximum absolute atomic E-state index is 9.93. The van der Waals surface area contributed by atoms with Gasteiger partial charge in [-0.15, -0.1) is 0 Å². The predicted molar refractivity (Wildman–Crippen MR) is 71.5 cm³/mol. The van der Waals surface area contributed by atoms with Crippen LogP contribution in [0.2, 0.25) is 5.02 Å². The number of para-hydroxylation sites is 1. The lowest BCUT2D eigenvalue weighted by atomic mass is 10.1. The average Bonchev–Trinajstić information content (AvgIpc) is 2.51. The maximum Gasteiger partial charge on any atom is 0.138 e. The van der Waals surface area contributed by atoms with E-state index < -0.39 is 0 Å². The van der Waals surface area contributed by atoms with Crippen LogP contribution in [-0.4, -0.2) is 22.6 Å². The maximum atomic E-state index is 9.93. The fraction of sp³-hybridized carbons (Fsp3) is 0.571. The Hall–Kier alpha value is -0.730. The normalized spacial score (nSPS) is 22.4. The topological polar surface area (TPSA) is 23.5 Å². The van der Waals surface area contributed by atoms with Gasteiger partial charge in [0.2, 0.25) is 0 Å². The molecule has 0 bridgehead atoms. The van der Waals surface area contributed by atoms with Crippen LogP contribution in [0.4, 0.5) is 0 Å². The number of hydrogen-bond donors (Lipinski definition) is 1. The third-order valence-corrected chi connectivity index (χ3v) is 3.94. The first-order valence-electron chi connectivity index (χ1n) is 6.39. The number of aromatic hydroxyl groups is 1. The molecule has 1 aliphatic heterocycles. The van der Waals surface area contributed by atoms with Crippen molar-refractivity contribution >= 4 is 11.6 Å². The zero-order valence-corrected chi connectivity index (χ0v) is 11.1. The number of hydrogen-bond acceptors (Lipinski definition) is 2. The first-order valence-corrected chi connectivity index (χ1v) is 6.76. The Morgan fingerprint density at radius 1 is 1.35 bits per heavy atom. The molecule has 1 aromatic carbocycles. The molecule has 0 aromatic heterocycles. The Kier molecular flexibility index (Phi) is 4.30. The van der Waals surface area contributed by atoms with Crippen LogP contribution in [0.1, 0.15) is 38.2 Å². The summed E-state index contributed by atoms with van der Waals surface area (Å²) in [5.41, 5.74) is 0.936. The van der Waals surface area contributed by atoms with Crippen molar-refractivity contribution in [3.05, 3.63) is 28.8 Å². The highest BCUT2D eigenvalue weighted by Crippen LogP contribution is 2.29. The highest BCUT2D eigenvalue weighted by atomic mass is 35.5. The molecule has 1 aliphatic rings. The summed E-state index contributed by atoms with van der Waals surface area (Å²) >= 11 is 5.93. The van der Waals surface area contributed by atoms with E-state index in [4.69, 9.17) is 11.6 Å². The third kappa shape index (κ3) is 3.14. The van der Waals surface area contributed by atoms with Crippen LogP contribution in [0.3, 0.4) is 0 Å². The molecular formula is C14H20ClNO. The zero-order valence-electron chi connectivity index (χ0n) is 10.3. The number of phenols is 1. The van der Waals surface area contributed by atoms with Gasteiger partial charge in [0, 0.05) is 18.2 Å². The Morgan fingerprint density at radius 2 is 2.18 bits per heavy atom. The van der Waals surface area contributed by atoms with Gasteiger partial charge in [0.05, 0.1) is 5.02 Å². The Bertz CT molecular complexity index is 380. The van der Waals surface area contributed by atoms with Gasteiger partial charge in [-0.3, -0.25) is 4.90 Å². The van der Waals surface area contributed by atoms with Crippen LogP contribution < -0.4 is 0 Å². The van der Waals surface area contributed by atoms with Gasteiger partial charge in [0.1, 0.15) is 5.75 Å². The quantitative estimate of drug-likeness (QED) is 0.866. The van der Waals surface area contributed by atoms with Crippen molar-refractivity contribution in [1.82, 2.24) is 4.90 Å². The summed E-state index contributed by atoms with van der Waals surface area (Å²) in [4.78, 5) is 2.44. The van der Waals surface area contributed by atoms with Gasteiger partial charge >= 0.3 is 0 Å². The lowest BCUT2D eigenvalue weighted by Gasteiger charge is -2.27. The molecule has 1 saturated heterocycles. The second kappa shape index (κ2) is 5.74. The minimum Gasteiger partial charge on any atom is -0.506 e. The highest BCUT2D eigenvalue weighted by molar-refractivity contribution is 6.32. The molecule has 1 aromatic rings. The van der Waals surface area contributed by atoms with Gasteiger partial charge < -0.3 is 5.11 Å². The molecule has 1 atom stereocenters. The van der Waals surface area contributed by atoms with Crippen molar-refractivity contribution in [1.29, 1.82) is 0 Å². The largest absolute Gasteiger partial charge is 0.506 e. The molecule has 1 unspecified atom stereocenters. The van der Waals surface area contributed by atoms with Gasteiger partial charge in [-0.25, -0.2) is 0 Å². The van der Waals surface area contributed by atoms with Crippen LogP contribution in [-0.2, 0) is 6.54 Å². The number of benzene rings is 1. The van der Waals surface area contributed by atoms with E-state index in [9.17, 15) is 5.11 Å². The molecule has 94 valence electrons. The zero-order chi connectivity index (χ0) is 12.3. The number of likely N-dealkylation sites (tertiary alicyclic amines) is 1. The smallest absolute Gasteiger partial charge is 0.138 e. The molecule has 0 radical (unpaired) electrons. The molecular weight excluding hydrogens is 234 g/mol. The summed E-state index contributed by atoms with van der Waals surface area (Å²) in [6.45, 7) is 4.19. The second-order valence-corrected chi connectivity index (χ2v) is 5.32. The Balaban J connectivity index is 2.10. The van der Waals surface area contributed by atoms with E-state index in [-0.39, 0.29) is 5.75 Å². The van der Waals surface area contributed by atoms with Crippen molar-refractivity contribution < 1.29 is 5.11 Å². The van der Waals surface area contributed by atoms with Crippen molar-refractivity contribution in [3.63, 3.8) is 0 Å². The number of rotatable bonds is 2. The first-order chi connectivity index (χ1) is 8.18. The minimum atomic E-state index is 0.241. The van der Waals surface area contributed by atoms with E-state index in [0.29, 0.717) is 11.1 Å². The second-order valence-electron chi connectivity index (χ2n) is 4.92. The molecule has 0 aliphatic carbocycles. The monoisotopic (exact) mass is 253 g/mol. The molecule has 1 heterocycles. The molecule has 1 N–H and O–H groups in total. The minimum absolute atomic E-state index is 0.241. The van der Waals surface area contributed by atoms with Gasteiger partial charge in [-0.1, -0.05) is 36.6 Å². The highest BCUT2D eigenvalue weighted by Gasteiger charge is 2.18. The van der Waals surface area contributed by atoms with E-state index >= 15 is 0 Å². The van der Waals surface area contributed by atoms with Crippen LogP contribution in [0.15, 0.2) is 18.2 Å². The predicted octanol–water partition coefficient (Wildman–Crippen LogP) is 3.81. The fourth-order valence-corrected chi connectivity index (χ4v) is 2.67. The van der Waals surface area contributed by atoms with Gasteiger partial charge in [-0.05, 0) is 32.4 Å². The van der Waals surface area contributed by atoms with Crippen LogP contribution in [0.25, 0.3) is 0 Å². The lowest BCUT2D eigenvalue weighted by Crippen LogP contribution is -2.31. The van der Waals surface area contributed by atoms with Crippen molar-refractivity contribution in [2.24, 2.45) is 0 Å². The van der Waals surface area contributed by atoms with E-state index in [1.165, 1.54) is 25.7 Å². The number of phenolic OH excluding ortho intramolecular Hbond substituents is 1. The van der Waals surface area contributed by atoms with E-state index in [0.717, 1.165) is 18.7 Å². The average molecular weight is 254 g/mol. The lowest BCUT2D eigenvalue weighted by molar-refractivity contribution is 0.202. The summed E-state index contributed by atoms with van der Waals surface area (Å²) < 4.78 is 0. The summed E-state index contributed by atoms with van der Waals surface area (Å²) in [5.74, 6) is 0.241. The van der Waals surface area contributed by atoms with Crippen molar-refractivity contribution in [3.8, 4) is 5.75 Å². The Morgan fingerprint density at radius 3 is 3.00 bits per heavy atom. The van der Waals surface area contributed by atoms with Crippen molar-refractivity contribution in [2.75, 3.05) is 6.54 Å². The van der Waals surface area contributed by atoms with Gasteiger partial charge in [0.15, 0.2) is 0 Å².